The topological polar surface area (TPSA) is 12.0 Å². The first-order chi connectivity index (χ1) is 9.49. The van der Waals surface area contributed by atoms with Crippen LogP contribution in [0, 0.1) is 18.6 Å². The van der Waals surface area contributed by atoms with Gasteiger partial charge < -0.3 is 5.32 Å². The summed E-state index contributed by atoms with van der Waals surface area (Å²) in [6.45, 7) is 1.87. The van der Waals surface area contributed by atoms with E-state index in [1.54, 1.807) is 6.07 Å². The number of rotatable bonds is 4. The van der Waals surface area contributed by atoms with Gasteiger partial charge in [-0.3, -0.25) is 0 Å². The van der Waals surface area contributed by atoms with E-state index in [1.807, 2.05) is 20.0 Å². The first-order valence-electron chi connectivity index (χ1n) is 6.38. The Morgan fingerprint density at radius 1 is 1.10 bits per heavy atom. The molecular formula is C16H16BrF2N. The number of aryl methyl sites for hydroxylation is 1. The fourth-order valence-electron chi connectivity index (χ4n) is 2.26. The zero-order valence-electron chi connectivity index (χ0n) is 11.4. The third-order valence-electron chi connectivity index (χ3n) is 3.25. The molecule has 0 radical (unpaired) electrons. The van der Waals surface area contributed by atoms with E-state index in [0.29, 0.717) is 6.42 Å². The lowest BCUT2D eigenvalue weighted by Gasteiger charge is -2.18. The van der Waals surface area contributed by atoms with Crippen molar-refractivity contribution in [1.82, 2.24) is 5.32 Å². The fraction of sp³-hybridized carbons (Fsp3) is 0.250. The predicted molar refractivity (Wildman–Crippen MR) is 80.7 cm³/mol. The van der Waals surface area contributed by atoms with Gasteiger partial charge in [0.25, 0.3) is 0 Å². The molecule has 4 heteroatoms. The van der Waals surface area contributed by atoms with Crippen LogP contribution in [-0.2, 0) is 6.42 Å². The van der Waals surface area contributed by atoms with Gasteiger partial charge in [0.15, 0.2) is 0 Å². The molecule has 0 heterocycles. The van der Waals surface area contributed by atoms with Gasteiger partial charge >= 0.3 is 0 Å². The molecule has 0 saturated carbocycles. The monoisotopic (exact) mass is 339 g/mol. The molecule has 106 valence electrons. The lowest BCUT2D eigenvalue weighted by Crippen LogP contribution is -2.19. The van der Waals surface area contributed by atoms with Crippen LogP contribution < -0.4 is 5.32 Å². The van der Waals surface area contributed by atoms with Gasteiger partial charge in [-0.2, -0.15) is 0 Å². The van der Waals surface area contributed by atoms with Gasteiger partial charge in [0.2, 0.25) is 0 Å². The molecule has 0 bridgehead atoms. The fourth-order valence-corrected chi connectivity index (χ4v) is 2.77. The number of halogens is 3. The van der Waals surface area contributed by atoms with Gasteiger partial charge in [-0.15, -0.1) is 0 Å². The molecule has 0 aliphatic heterocycles. The summed E-state index contributed by atoms with van der Waals surface area (Å²) in [6.07, 6.45) is 0.653. The van der Waals surface area contributed by atoms with Gasteiger partial charge in [-0.05, 0) is 61.3 Å². The van der Waals surface area contributed by atoms with Crippen molar-refractivity contribution in [3.05, 3.63) is 69.2 Å². The second kappa shape index (κ2) is 6.46. The van der Waals surface area contributed by atoms with Gasteiger partial charge in [0.1, 0.15) is 11.6 Å². The highest BCUT2D eigenvalue weighted by molar-refractivity contribution is 9.10. The molecule has 2 rings (SSSR count). The Balaban J connectivity index is 2.28. The maximum Gasteiger partial charge on any atom is 0.124 e. The summed E-state index contributed by atoms with van der Waals surface area (Å²) in [7, 11) is 1.84. The smallest absolute Gasteiger partial charge is 0.124 e. The van der Waals surface area contributed by atoms with Crippen molar-refractivity contribution in [1.29, 1.82) is 0 Å². The highest BCUT2D eigenvalue weighted by Crippen LogP contribution is 2.25. The third-order valence-corrected chi connectivity index (χ3v) is 3.99. The van der Waals surface area contributed by atoms with E-state index in [0.717, 1.165) is 21.2 Å². The number of hydrogen-bond donors (Lipinski definition) is 1. The lowest BCUT2D eigenvalue weighted by molar-refractivity contribution is 0.574. The van der Waals surface area contributed by atoms with Crippen molar-refractivity contribution in [3.8, 4) is 0 Å². The van der Waals surface area contributed by atoms with E-state index in [4.69, 9.17) is 0 Å². The van der Waals surface area contributed by atoms with E-state index in [9.17, 15) is 8.78 Å². The standard InChI is InChI=1S/C16H16BrF2N/c1-10-5-12(7-14(19)6-10)16(20-2)8-11-3-4-13(18)9-15(11)17/h3-7,9,16,20H,8H2,1-2H3. The Morgan fingerprint density at radius 3 is 2.45 bits per heavy atom. The Morgan fingerprint density at radius 2 is 1.85 bits per heavy atom. The summed E-state index contributed by atoms with van der Waals surface area (Å²) < 4.78 is 27.3. The largest absolute Gasteiger partial charge is 0.313 e. The maximum absolute atomic E-state index is 13.5. The van der Waals surface area contributed by atoms with Crippen LogP contribution in [-0.4, -0.2) is 7.05 Å². The van der Waals surface area contributed by atoms with Gasteiger partial charge in [-0.25, -0.2) is 8.78 Å². The first-order valence-corrected chi connectivity index (χ1v) is 7.17. The molecule has 1 nitrogen and oxygen atoms in total. The zero-order valence-corrected chi connectivity index (χ0v) is 13.0. The van der Waals surface area contributed by atoms with Crippen molar-refractivity contribution in [3.63, 3.8) is 0 Å². The Hall–Kier alpha value is -1.26. The normalized spacial score (nSPS) is 12.4. The van der Waals surface area contributed by atoms with Crippen molar-refractivity contribution < 1.29 is 8.78 Å². The molecule has 1 N–H and O–H groups in total. The molecule has 1 atom stereocenters. The van der Waals surface area contributed by atoms with E-state index < -0.39 is 0 Å². The average molecular weight is 340 g/mol. The Kier molecular flexibility index (Phi) is 4.89. The minimum Gasteiger partial charge on any atom is -0.313 e. The summed E-state index contributed by atoms with van der Waals surface area (Å²) in [5.74, 6) is -0.512. The van der Waals surface area contributed by atoms with E-state index >= 15 is 0 Å². The van der Waals surface area contributed by atoms with Crippen LogP contribution in [0.5, 0.6) is 0 Å². The van der Waals surface area contributed by atoms with E-state index in [-0.39, 0.29) is 17.7 Å². The molecule has 0 spiro atoms. The van der Waals surface area contributed by atoms with Crippen LogP contribution in [0.4, 0.5) is 8.78 Å². The molecule has 2 aromatic rings. The van der Waals surface area contributed by atoms with E-state index in [2.05, 4.69) is 21.2 Å². The highest BCUT2D eigenvalue weighted by atomic mass is 79.9. The van der Waals surface area contributed by atoms with Crippen LogP contribution in [0.3, 0.4) is 0 Å². The lowest BCUT2D eigenvalue weighted by atomic mass is 9.97. The molecule has 0 saturated heterocycles. The molecule has 2 aromatic carbocycles. The summed E-state index contributed by atoms with van der Waals surface area (Å²) in [4.78, 5) is 0. The van der Waals surface area contributed by atoms with Crippen LogP contribution >= 0.6 is 15.9 Å². The van der Waals surface area contributed by atoms with Gasteiger partial charge in [0, 0.05) is 10.5 Å². The van der Waals surface area contributed by atoms with Crippen molar-refractivity contribution in [2.24, 2.45) is 0 Å². The highest BCUT2D eigenvalue weighted by Gasteiger charge is 2.13. The molecular weight excluding hydrogens is 324 g/mol. The Bertz CT molecular complexity index is 593. The quantitative estimate of drug-likeness (QED) is 0.862. The van der Waals surface area contributed by atoms with Crippen LogP contribution in [0.25, 0.3) is 0 Å². The SMILES string of the molecule is CNC(Cc1ccc(F)cc1Br)c1cc(C)cc(F)c1. The molecule has 0 aromatic heterocycles. The van der Waals surface area contributed by atoms with Crippen molar-refractivity contribution in [2.45, 2.75) is 19.4 Å². The minimum atomic E-state index is -0.275. The zero-order chi connectivity index (χ0) is 14.7. The summed E-state index contributed by atoms with van der Waals surface area (Å²) >= 11 is 3.36. The van der Waals surface area contributed by atoms with Crippen molar-refractivity contribution in [2.75, 3.05) is 7.05 Å². The molecule has 0 fully saturated rings. The first kappa shape index (κ1) is 15.1. The summed E-state index contributed by atoms with van der Waals surface area (Å²) in [5, 5.41) is 3.18. The molecule has 0 aliphatic rings. The molecule has 1 unspecified atom stereocenters. The van der Waals surface area contributed by atoms with Gasteiger partial charge in [-0.1, -0.05) is 28.1 Å². The third kappa shape index (κ3) is 3.64. The van der Waals surface area contributed by atoms with Crippen LogP contribution in [0.1, 0.15) is 22.7 Å². The van der Waals surface area contributed by atoms with Crippen LogP contribution in [0.2, 0.25) is 0 Å². The number of hydrogen-bond acceptors (Lipinski definition) is 1. The molecule has 20 heavy (non-hydrogen) atoms. The predicted octanol–water partition coefficient (Wildman–Crippen LogP) is 4.54. The minimum absolute atomic E-state index is 0.0221. The Labute approximate surface area is 126 Å². The second-order valence-electron chi connectivity index (χ2n) is 4.84. The summed E-state index contributed by atoms with van der Waals surface area (Å²) in [5.41, 5.74) is 2.76. The van der Waals surface area contributed by atoms with Crippen LogP contribution in [0.15, 0.2) is 40.9 Å². The van der Waals surface area contributed by atoms with Crippen molar-refractivity contribution >= 4 is 15.9 Å². The maximum atomic E-state index is 13.5. The molecule has 0 amide bonds. The number of likely N-dealkylation sites (N-methyl/N-ethyl adjacent to an activating group) is 1. The average Bonchev–Trinajstić information content (AvgIpc) is 2.36. The molecule has 0 aliphatic carbocycles. The summed E-state index contributed by atoms with van der Waals surface area (Å²) in [6, 6.07) is 9.60. The van der Waals surface area contributed by atoms with Gasteiger partial charge in [0.05, 0.1) is 0 Å². The number of benzene rings is 2. The number of nitrogens with one attached hydrogen (secondary N) is 1. The van der Waals surface area contributed by atoms with E-state index in [1.165, 1.54) is 24.3 Å². The second-order valence-corrected chi connectivity index (χ2v) is 5.70.